The lowest BCUT2D eigenvalue weighted by atomic mass is 10.2. The van der Waals surface area contributed by atoms with Gasteiger partial charge in [0.15, 0.2) is 15.6 Å². The maximum Gasteiger partial charge on any atom is 0.220 e. The molecule has 0 atom stereocenters. The van der Waals surface area contributed by atoms with E-state index in [1.165, 1.54) is 18.6 Å². The van der Waals surface area contributed by atoms with E-state index in [1.54, 1.807) is 24.3 Å². The molecule has 1 heterocycles. The minimum absolute atomic E-state index is 0.185. The van der Waals surface area contributed by atoms with Crippen molar-refractivity contribution in [3.8, 4) is 5.75 Å². The van der Waals surface area contributed by atoms with Crippen LogP contribution < -0.4 is 10.5 Å². The monoisotopic (exact) mass is 279 g/mol. The van der Waals surface area contributed by atoms with Crippen LogP contribution in [0.1, 0.15) is 5.56 Å². The van der Waals surface area contributed by atoms with E-state index in [-0.39, 0.29) is 10.8 Å². The minimum atomic E-state index is -3.17. The molecule has 0 amide bonds. The lowest BCUT2D eigenvalue weighted by Gasteiger charge is -2.06. The molecular formula is C12H13N3O3S. The van der Waals surface area contributed by atoms with E-state index in [0.717, 1.165) is 5.56 Å². The second kappa shape index (κ2) is 5.23. The van der Waals surface area contributed by atoms with Crippen LogP contribution in [-0.2, 0) is 16.4 Å². The Morgan fingerprint density at radius 1 is 1.16 bits per heavy atom. The smallest absolute Gasteiger partial charge is 0.220 e. The van der Waals surface area contributed by atoms with Crippen molar-refractivity contribution in [2.75, 3.05) is 12.0 Å². The Hall–Kier alpha value is -2.15. The molecule has 0 spiro atoms. The van der Waals surface area contributed by atoms with Crippen molar-refractivity contribution in [3.63, 3.8) is 0 Å². The number of aromatic nitrogens is 2. The Balaban J connectivity index is 2.02. The van der Waals surface area contributed by atoms with Gasteiger partial charge in [0.2, 0.25) is 5.95 Å². The molecule has 0 bridgehead atoms. The molecule has 0 radical (unpaired) electrons. The van der Waals surface area contributed by atoms with Crippen LogP contribution in [0.25, 0.3) is 0 Å². The van der Waals surface area contributed by atoms with Gasteiger partial charge in [-0.1, -0.05) is 12.1 Å². The van der Waals surface area contributed by atoms with Gasteiger partial charge in [-0.05, 0) is 17.7 Å². The van der Waals surface area contributed by atoms with Gasteiger partial charge in [0.05, 0.1) is 17.3 Å². The first kappa shape index (κ1) is 13.3. The van der Waals surface area contributed by atoms with Crippen LogP contribution in [0, 0.1) is 0 Å². The number of ether oxygens (including phenoxy) is 1. The van der Waals surface area contributed by atoms with Gasteiger partial charge in [-0.25, -0.2) is 18.4 Å². The van der Waals surface area contributed by atoms with Crippen LogP contribution in [0.5, 0.6) is 5.75 Å². The summed E-state index contributed by atoms with van der Waals surface area (Å²) in [5.74, 6) is 0.686. The molecule has 2 aromatic rings. The molecule has 2 rings (SSSR count). The lowest BCUT2D eigenvalue weighted by Crippen LogP contribution is -2.00. The van der Waals surface area contributed by atoms with Crippen LogP contribution >= 0.6 is 0 Å². The third-order valence-corrected chi connectivity index (χ3v) is 3.53. The Morgan fingerprint density at radius 3 is 2.26 bits per heavy atom. The molecular weight excluding hydrogens is 266 g/mol. The summed E-state index contributed by atoms with van der Waals surface area (Å²) < 4.78 is 28.0. The summed E-state index contributed by atoms with van der Waals surface area (Å²) in [4.78, 5) is 7.88. The highest BCUT2D eigenvalue weighted by molar-refractivity contribution is 7.90. The number of rotatable bonds is 4. The number of anilines is 1. The fourth-order valence-electron chi connectivity index (χ4n) is 1.40. The normalized spacial score (nSPS) is 11.2. The van der Waals surface area contributed by atoms with Crippen molar-refractivity contribution in [2.24, 2.45) is 0 Å². The van der Waals surface area contributed by atoms with Crippen LogP contribution in [0.4, 0.5) is 5.95 Å². The number of nitrogens with two attached hydrogens (primary N) is 1. The zero-order valence-electron chi connectivity index (χ0n) is 10.3. The third-order valence-electron chi connectivity index (χ3n) is 2.41. The zero-order valence-corrected chi connectivity index (χ0v) is 11.1. The molecule has 7 heteroatoms. The molecule has 1 aromatic carbocycles. The number of hydrogen-bond acceptors (Lipinski definition) is 6. The van der Waals surface area contributed by atoms with Crippen LogP contribution in [0.2, 0.25) is 0 Å². The number of nitrogens with zero attached hydrogens (tertiary/aromatic N) is 2. The summed E-state index contributed by atoms with van der Waals surface area (Å²) in [6.45, 7) is 0.303. The van der Waals surface area contributed by atoms with Crippen molar-refractivity contribution in [3.05, 3.63) is 42.2 Å². The number of benzene rings is 1. The van der Waals surface area contributed by atoms with Crippen molar-refractivity contribution in [2.45, 2.75) is 11.5 Å². The van der Waals surface area contributed by atoms with Crippen molar-refractivity contribution in [1.29, 1.82) is 0 Å². The predicted octanol–water partition coefficient (Wildman–Crippen LogP) is 1.04. The van der Waals surface area contributed by atoms with E-state index in [4.69, 9.17) is 10.5 Å². The molecule has 100 valence electrons. The highest BCUT2D eigenvalue weighted by Gasteiger charge is 2.06. The summed E-state index contributed by atoms with van der Waals surface area (Å²) in [5, 5.41) is 0. The first-order chi connectivity index (χ1) is 8.95. The van der Waals surface area contributed by atoms with E-state index in [0.29, 0.717) is 12.4 Å². The van der Waals surface area contributed by atoms with E-state index in [9.17, 15) is 8.42 Å². The van der Waals surface area contributed by atoms with Gasteiger partial charge < -0.3 is 10.5 Å². The molecule has 2 N–H and O–H groups in total. The Morgan fingerprint density at radius 2 is 1.74 bits per heavy atom. The van der Waals surface area contributed by atoms with Gasteiger partial charge >= 0.3 is 0 Å². The summed E-state index contributed by atoms with van der Waals surface area (Å²) in [6.07, 6.45) is 4.13. The summed E-state index contributed by atoms with van der Waals surface area (Å²) in [6, 6.07) is 6.50. The third kappa shape index (κ3) is 3.65. The van der Waals surface area contributed by atoms with Gasteiger partial charge in [0.25, 0.3) is 0 Å². The van der Waals surface area contributed by atoms with Gasteiger partial charge in [0, 0.05) is 6.26 Å². The van der Waals surface area contributed by atoms with Crippen molar-refractivity contribution < 1.29 is 13.2 Å². The Bertz CT molecular complexity index is 652. The topological polar surface area (TPSA) is 95.2 Å². The molecule has 0 aliphatic rings. The summed E-state index contributed by atoms with van der Waals surface area (Å²) in [7, 11) is -3.17. The average Bonchev–Trinajstić information content (AvgIpc) is 2.37. The number of nitrogen functional groups attached to an aromatic ring is 1. The molecule has 0 aliphatic carbocycles. The quantitative estimate of drug-likeness (QED) is 0.898. The first-order valence-electron chi connectivity index (χ1n) is 5.44. The van der Waals surface area contributed by atoms with Gasteiger partial charge in [0.1, 0.15) is 6.61 Å². The number of hydrogen-bond donors (Lipinski definition) is 1. The SMILES string of the molecule is CS(=O)(=O)c1ccc(COc2cnc(N)nc2)cc1. The molecule has 19 heavy (non-hydrogen) atoms. The van der Waals surface area contributed by atoms with E-state index >= 15 is 0 Å². The highest BCUT2D eigenvalue weighted by Crippen LogP contribution is 2.13. The molecule has 0 saturated heterocycles. The lowest BCUT2D eigenvalue weighted by molar-refractivity contribution is 0.303. The molecule has 0 fully saturated rings. The number of sulfone groups is 1. The van der Waals surface area contributed by atoms with E-state index < -0.39 is 9.84 Å². The van der Waals surface area contributed by atoms with E-state index in [1.807, 2.05) is 0 Å². The second-order valence-corrected chi connectivity index (χ2v) is 6.00. The average molecular weight is 279 g/mol. The predicted molar refractivity (Wildman–Crippen MR) is 70.3 cm³/mol. The first-order valence-corrected chi connectivity index (χ1v) is 7.33. The van der Waals surface area contributed by atoms with Crippen LogP contribution in [-0.4, -0.2) is 24.6 Å². The fraction of sp³-hybridized carbons (Fsp3) is 0.167. The highest BCUT2D eigenvalue weighted by atomic mass is 32.2. The van der Waals surface area contributed by atoms with Crippen LogP contribution in [0.3, 0.4) is 0 Å². The van der Waals surface area contributed by atoms with Crippen molar-refractivity contribution >= 4 is 15.8 Å². The summed E-state index contributed by atoms with van der Waals surface area (Å²) >= 11 is 0. The largest absolute Gasteiger partial charge is 0.486 e. The molecule has 0 unspecified atom stereocenters. The maximum absolute atomic E-state index is 11.3. The van der Waals surface area contributed by atoms with Gasteiger partial charge in [-0.3, -0.25) is 0 Å². The van der Waals surface area contributed by atoms with E-state index in [2.05, 4.69) is 9.97 Å². The zero-order chi connectivity index (χ0) is 13.9. The van der Waals surface area contributed by atoms with Crippen LogP contribution in [0.15, 0.2) is 41.6 Å². The second-order valence-electron chi connectivity index (χ2n) is 3.98. The Kier molecular flexibility index (Phi) is 3.66. The van der Waals surface area contributed by atoms with Crippen molar-refractivity contribution in [1.82, 2.24) is 9.97 Å². The standard InChI is InChI=1S/C12H13N3O3S/c1-19(16,17)11-4-2-9(3-5-11)8-18-10-6-14-12(13)15-7-10/h2-7H,8H2,1H3,(H2,13,14,15). The molecule has 0 saturated carbocycles. The molecule has 0 aliphatic heterocycles. The summed E-state index contributed by atoms with van der Waals surface area (Å²) in [5.41, 5.74) is 6.21. The minimum Gasteiger partial charge on any atom is -0.486 e. The van der Waals surface area contributed by atoms with Gasteiger partial charge in [-0.2, -0.15) is 0 Å². The molecule has 1 aromatic heterocycles. The Labute approximate surface area is 111 Å². The molecule has 6 nitrogen and oxygen atoms in total. The maximum atomic E-state index is 11.3. The van der Waals surface area contributed by atoms with Gasteiger partial charge in [-0.15, -0.1) is 0 Å². The fourth-order valence-corrected chi connectivity index (χ4v) is 2.03.